The van der Waals surface area contributed by atoms with Crippen molar-refractivity contribution in [3.8, 4) is 57.2 Å². The molecule has 1 atom stereocenters. The maximum absolute atomic E-state index is 10.2. The normalized spacial score (nSPS) is 11.6. The number of para-hydroxylation sites is 1. The topological polar surface area (TPSA) is 129 Å². The minimum atomic E-state index is -0.583. The van der Waals surface area contributed by atoms with Crippen LogP contribution in [0.25, 0.3) is 33.9 Å². The summed E-state index contributed by atoms with van der Waals surface area (Å²) in [6.45, 7) is 3.93. The van der Waals surface area contributed by atoms with Crippen LogP contribution in [0, 0.1) is 18.3 Å². The van der Waals surface area contributed by atoms with E-state index < -0.39 is 6.10 Å². The Kier molecular flexibility index (Phi) is 7.71. The van der Waals surface area contributed by atoms with Crippen LogP contribution in [0.5, 0.6) is 17.2 Å². The van der Waals surface area contributed by atoms with Crippen LogP contribution in [0.3, 0.4) is 0 Å². The van der Waals surface area contributed by atoms with Crippen LogP contribution in [0.1, 0.15) is 12.5 Å². The third kappa shape index (κ3) is 6.26. The van der Waals surface area contributed by atoms with Crippen molar-refractivity contribution in [3.05, 3.63) is 90.6 Å². The van der Waals surface area contributed by atoms with Gasteiger partial charge >= 0.3 is 0 Å². The monoisotopic (exact) mass is 532 g/mol. The van der Waals surface area contributed by atoms with Crippen LogP contribution in [-0.4, -0.2) is 42.6 Å². The lowest BCUT2D eigenvalue weighted by atomic mass is 10.0. The molecule has 5 aromatic rings. The predicted octanol–water partition coefficient (Wildman–Crippen LogP) is 5.80. The number of rotatable bonds is 9. The molecule has 9 heteroatoms. The quantitative estimate of drug-likeness (QED) is 0.217. The van der Waals surface area contributed by atoms with Crippen molar-refractivity contribution < 1.29 is 14.9 Å². The lowest BCUT2D eigenvalue weighted by molar-refractivity contribution is 0.208. The Bertz CT molecular complexity index is 1640. The van der Waals surface area contributed by atoms with Crippen LogP contribution in [-0.2, 0) is 6.54 Å². The van der Waals surface area contributed by atoms with Gasteiger partial charge < -0.3 is 20.3 Å². The maximum Gasteiger partial charge on any atom is 0.162 e. The molecule has 9 nitrogen and oxygen atoms in total. The average Bonchev–Trinajstić information content (AvgIpc) is 3.37. The molecule has 0 aliphatic rings. The zero-order chi connectivity index (χ0) is 28.1. The molecule has 0 aliphatic heterocycles. The third-order valence-electron chi connectivity index (χ3n) is 6.00. The van der Waals surface area contributed by atoms with Gasteiger partial charge in [-0.1, -0.05) is 18.2 Å². The summed E-state index contributed by atoms with van der Waals surface area (Å²) in [7, 11) is 0. The third-order valence-corrected chi connectivity index (χ3v) is 6.00. The fraction of sp³-hybridized carbons (Fsp3) is 0.161. The van der Waals surface area contributed by atoms with E-state index in [0.717, 1.165) is 16.9 Å². The lowest BCUT2D eigenvalue weighted by Crippen LogP contribution is -2.16. The maximum atomic E-state index is 10.2. The molecule has 3 aromatic carbocycles. The van der Waals surface area contributed by atoms with Gasteiger partial charge in [0.05, 0.1) is 17.9 Å². The van der Waals surface area contributed by atoms with E-state index in [1.165, 1.54) is 0 Å². The van der Waals surface area contributed by atoms with E-state index in [1.54, 1.807) is 36.0 Å². The highest BCUT2D eigenvalue weighted by Gasteiger charge is 2.18. The van der Waals surface area contributed by atoms with E-state index >= 15 is 0 Å². The zero-order valence-corrected chi connectivity index (χ0v) is 22.1. The number of aromatic nitrogens is 4. The van der Waals surface area contributed by atoms with Crippen molar-refractivity contribution in [1.29, 1.82) is 5.26 Å². The molecular weight excluding hydrogens is 504 g/mol. The average molecular weight is 533 g/mol. The van der Waals surface area contributed by atoms with Crippen LogP contribution >= 0.6 is 0 Å². The number of hydrogen-bond donors (Lipinski definition) is 3. The molecule has 0 radical (unpaired) electrons. The molecule has 0 bridgehead atoms. The lowest BCUT2D eigenvalue weighted by Gasteiger charge is -2.12. The van der Waals surface area contributed by atoms with E-state index in [2.05, 4.69) is 16.5 Å². The molecular formula is C31H28N6O3. The largest absolute Gasteiger partial charge is 0.508 e. The summed E-state index contributed by atoms with van der Waals surface area (Å²) in [6, 6.07) is 26.1. The Balaban J connectivity index is 1.58. The highest BCUT2D eigenvalue weighted by molar-refractivity contribution is 5.81. The first-order chi connectivity index (χ1) is 19.4. The molecule has 5 rings (SSSR count). The first-order valence-electron chi connectivity index (χ1n) is 12.8. The number of hydrogen-bond acceptors (Lipinski definition) is 8. The summed E-state index contributed by atoms with van der Waals surface area (Å²) < 4.78 is 7.47. The SMILES string of the molecule is Cc1cc(O)cc(-c2nn(CC#N)cc2-c2cc(NC[C@H](C)O)nc(-c3ccc(Oc4ccccc4)cc3)n2)c1. The number of phenols is 1. The van der Waals surface area contributed by atoms with E-state index in [1.807, 2.05) is 67.6 Å². The van der Waals surface area contributed by atoms with Gasteiger partial charge in [-0.2, -0.15) is 10.4 Å². The van der Waals surface area contributed by atoms with Gasteiger partial charge in [0.25, 0.3) is 0 Å². The number of aliphatic hydroxyl groups is 1. The van der Waals surface area contributed by atoms with Crippen LogP contribution in [0.4, 0.5) is 5.82 Å². The number of anilines is 1. The van der Waals surface area contributed by atoms with Crippen molar-refractivity contribution in [3.63, 3.8) is 0 Å². The molecule has 0 aliphatic carbocycles. The highest BCUT2D eigenvalue weighted by atomic mass is 16.5. The smallest absolute Gasteiger partial charge is 0.162 e. The zero-order valence-electron chi connectivity index (χ0n) is 22.1. The van der Waals surface area contributed by atoms with Gasteiger partial charge in [0, 0.05) is 35.5 Å². The van der Waals surface area contributed by atoms with Gasteiger partial charge in [-0.15, -0.1) is 0 Å². The molecule has 0 saturated carbocycles. The standard InChI is InChI=1S/C31H28N6O3/c1-20-14-23(16-24(39)15-20)30-27(19-37(36-30)13-12-32)28-17-29(33-18-21(2)38)35-31(34-28)22-8-10-26(11-9-22)40-25-6-4-3-5-7-25/h3-11,14-17,19,21,38-39H,13,18H2,1-2H3,(H,33,34,35)/t21-/m0/s1. The molecule has 0 spiro atoms. The molecule has 40 heavy (non-hydrogen) atoms. The summed E-state index contributed by atoms with van der Waals surface area (Å²) in [5.74, 6) is 2.52. The van der Waals surface area contributed by atoms with E-state index in [-0.39, 0.29) is 12.3 Å². The van der Waals surface area contributed by atoms with Crippen LogP contribution < -0.4 is 10.1 Å². The van der Waals surface area contributed by atoms with Crippen molar-refractivity contribution in [2.24, 2.45) is 0 Å². The molecule has 0 unspecified atom stereocenters. The Morgan fingerprint density at radius 3 is 2.42 bits per heavy atom. The number of nitrogens with one attached hydrogen (secondary N) is 1. The van der Waals surface area contributed by atoms with Gasteiger partial charge in [0.1, 0.15) is 35.3 Å². The predicted molar refractivity (Wildman–Crippen MR) is 153 cm³/mol. The Morgan fingerprint density at radius 1 is 0.975 bits per heavy atom. The van der Waals surface area contributed by atoms with Gasteiger partial charge in [-0.25, -0.2) is 9.97 Å². The Labute approximate surface area is 232 Å². The van der Waals surface area contributed by atoms with Crippen molar-refractivity contribution in [1.82, 2.24) is 19.7 Å². The summed E-state index contributed by atoms with van der Waals surface area (Å²) in [6.07, 6.45) is 1.18. The Morgan fingerprint density at radius 2 is 1.73 bits per heavy atom. The summed E-state index contributed by atoms with van der Waals surface area (Å²) in [5.41, 5.74) is 4.16. The molecule has 0 saturated heterocycles. The molecule has 3 N–H and O–H groups in total. The first-order valence-corrected chi connectivity index (χ1v) is 12.8. The number of aryl methyl sites for hydroxylation is 1. The summed E-state index contributed by atoms with van der Waals surface area (Å²) in [4.78, 5) is 9.56. The highest BCUT2D eigenvalue weighted by Crippen LogP contribution is 2.34. The fourth-order valence-electron chi connectivity index (χ4n) is 4.23. The first kappa shape index (κ1) is 26.4. The molecule has 0 amide bonds. The second-order valence-corrected chi connectivity index (χ2v) is 9.44. The summed E-state index contributed by atoms with van der Waals surface area (Å²) in [5, 5.41) is 37.2. The number of aliphatic hydroxyl groups excluding tert-OH is 1. The number of nitrogens with zero attached hydrogens (tertiary/aromatic N) is 5. The van der Waals surface area contributed by atoms with Crippen LogP contribution in [0.15, 0.2) is 85.1 Å². The Hall–Kier alpha value is -5.20. The second kappa shape index (κ2) is 11.7. The number of benzene rings is 3. The van der Waals surface area contributed by atoms with Crippen molar-refractivity contribution in [2.75, 3.05) is 11.9 Å². The van der Waals surface area contributed by atoms with E-state index in [9.17, 15) is 15.5 Å². The molecule has 2 aromatic heterocycles. The van der Waals surface area contributed by atoms with Crippen LogP contribution in [0.2, 0.25) is 0 Å². The molecule has 0 fully saturated rings. The molecule has 200 valence electrons. The van der Waals surface area contributed by atoms with Crippen molar-refractivity contribution >= 4 is 5.82 Å². The molecule has 2 heterocycles. The van der Waals surface area contributed by atoms with Gasteiger partial charge in [-0.05, 0) is 74.0 Å². The number of phenolic OH excluding ortho intramolecular Hbond substituents is 1. The second-order valence-electron chi connectivity index (χ2n) is 9.44. The van der Waals surface area contributed by atoms with Gasteiger partial charge in [0.15, 0.2) is 5.82 Å². The number of nitriles is 1. The fourth-order valence-corrected chi connectivity index (χ4v) is 4.23. The van der Waals surface area contributed by atoms with Gasteiger partial charge in [-0.3, -0.25) is 4.68 Å². The number of aromatic hydroxyl groups is 1. The minimum absolute atomic E-state index is 0.0543. The van der Waals surface area contributed by atoms with E-state index in [4.69, 9.17) is 14.7 Å². The van der Waals surface area contributed by atoms with Gasteiger partial charge in [0.2, 0.25) is 0 Å². The summed E-state index contributed by atoms with van der Waals surface area (Å²) >= 11 is 0. The number of ether oxygens (including phenoxy) is 1. The van der Waals surface area contributed by atoms with Crippen molar-refractivity contribution in [2.45, 2.75) is 26.5 Å². The van der Waals surface area contributed by atoms with E-state index in [0.29, 0.717) is 46.5 Å². The minimum Gasteiger partial charge on any atom is -0.508 e.